The Bertz CT molecular complexity index is 638. The predicted molar refractivity (Wildman–Crippen MR) is 72.2 cm³/mol. The van der Waals surface area contributed by atoms with Crippen molar-refractivity contribution in [1.29, 1.82) is 0 Å². The van der Waals surface area contributed by atoms with Gasteiger partial charge in [-0.25, -0.2) is 13.1 Å². The van der Waals surface area contributed by atoms with Gasteiger partial charge in [0.1, 0.15) is 4.90 Å². The molecule has 0 saturated carbocycles. The van der Waals surface area contributed by atoms with Crippen LogP contribution in [0.3, 0.4) is 0 Å². The minimum Gasteiger partial charge on any atom is -0.481 e. The zero-order valence-electron chi connectivity index (χ0n) is 11.4. The molecule has 0 bridgehead atoms. The van der Waals surface area contributed by atoms with Gasteiger partial charge in [-0.3, -0.25) is 4.79 Å². The molecule has 0 aliphatic carbocycles. The van der Waals surface area contributed by atoms with Crippen LogP contribution >= 0.6 is 0 Å². The summed E-state index contributed by atoms with van der Waals surface area (Å²) in [5.74, 6) is -1.49. The highest BCUT2D eigenvalue weighted by Gasteiger charge is 2.28. The summed E-state index contributed by atoms with van der Waals surface area (Å²) in [6, 6.07) is 2.06. The first kappa shape index (κ1) is 17.0. The molecule has 0 aliphatic rings. The maximum absolute atomic E-state index is 12.1. The lowest BCUT2D eigenvalue weighted by Gasteiger charge is -2.24. The van der Waals surface area contributed by atoms with E-state index in [0.717, 1.165) is 18.3 Å². The molecule has 0 saturated heterocycles. The average Bonchev–Trinajstić information content (AvgIpc) is 2.35. The Morgan fingerprint density at radius 2 is 2.10 bits per heavy atom. The number of nitro groups is 1. The maximum Gasteiger partial charge on any atom is 0.363 e. The largest absolute Gasteiger partial charge is 0.481 e. The average molecular weight is 317 g/mol. The standard InChI is InChI=1S/C11H15N3O6S/c1-11(2,6-5-10(15)16)13-21(19,20)8-3-4-9(12-7-8)14(17)18/h3-4,7,13H,5-6H2,1-2H3,(H,15,16). The Hall–Kier alpha value is -2.07. The van der Waals surface area contributed by atoms with Crippen LogP contribution in [0.5, 0.6) is 0 Å². The second kappa shape index (κ2) is 6.14. The van der Waals surface area contributed by atoms with Crippen LogP contribution in [0, 0.1) is 10.1 Å². The van der Waals surface area contributed by atoms with Crippen LogP contribution in [0.4, 0.5) is 5.82 Å². The first-order chi connectivity index (χ1) is 9.53. The van der Waals surface area contributed by atoms with Crippen LogP contribution in [-0.4, -0.2) is 34.9 Å². The van der Waals surface area contributed by atoms with Crippen molar-refractivity contribution in [2.45, 2.75) is 37.1 Å². The third-order valence-electron chi connectivity index (χ3n) is 2.59. The molecule has 0 unspecified atom stereocenters. The number of hydrogen-bond acceptors (Lipinski definition) is 6. The molecule has 0 aromatic carbocycles. The monoisotopic (exact) mass is 317 g/mol. The summed E-state index contributed by atoms with van der Waals surface area (Å²) < 4.78 is 26.6. The van der Waals surface area contributed by atoms with Crippen LogP contribution in [-0.2, 0) is 14.8 Å². The fourth-order valence-electron chi connectivity index (χ4n) is 1.53. The van der Waals surface area contributed by atoms with Crippen LogP contribution in [0.1, 0.15) is 26.7 Å². The lowest BCUT2D eigenvalue weighted by molar-refractivity contribution is -0.389. The number of nitrogens with one attached hydrogen (secondary N) is 1. The SMILES string of the molecule is CC(C)(CCC(=O)O)NS(=O)(=O)c1ccc([N+](=O)[O-])nc1. The van der Waals surface area contributed by atoms with Gasteiger partial charge in [0.15, 0.2) is 6.20 Å². The van der Waals surface area contributed by atoms with E-state index in [1.807, 2.05) is 0 Å². The van der Waals surface area contributed by atoms with Crippen molar-refractivity contribution < 1.29 is 23.2 Å². The molecule has 21 heavy (non-hydrogen) atoms. The van der Waals surface area contributed by atoms with Gasteiger partial charge in [-0.15, -0.1) is 0 Å². The van der Waals surface area contributed by atoms with Gasteiger partial charge in [-0.05, 0) is 36.2 Å². The van der Waals surface area contributed by atoms with Crippen molar-refractivity contribution in [2.24, 2.45) is 0 Å². The third kappa shape index (κ3) is 5.08. The Morgan fingerprint density at radius 3 is 2.52 bits per heavy atom. The molecular weight excluding hydrogens is 302 g/mol. The van der Waals surface area contributed by atoms with Gasteiger partial charge in [-0.1, -0.05) is 0 Å². The zero-order valence-corrected chi connectivity index (χ0v) is 12.3. The quantitative estimate of drug-likeness (QED) is 0.562. The number of aliphatic carboxylic acids is 1. The van der Waals surface area contributed by atoms with Gasteiger partial charge in [0, 0.05) is 18.0 Å². The summed E-state index contributed by atoms with van der Waals surface area (Å²) >= 11 is 0. The van der Waals surface area contributed by atoms with Crippen molar-refractivity contribution in [3.63, 3.8) is 0 Å². The number of nitrogens with zero attached hydrogens (tertiary/aromatic N) is 2. The molecule has 9 nitrogen and oxygen atoms in total. The lowest BCUT2D eigenvalue weighted by Crippen LogP contribution is -2.43. The molecule has 1 rings (SSSR count). The van der Waals surface area contributed by atoms with Crippen LogP contribution in [0.15, 0.2) is 23.2 Å². The van der Waals surface area contributed by atoms with Crippen LogP contribution in [0.2, 0.25) is 0 Å². The first-order valence-electron chi connectivity index (χ1n) is 5.90. The normalized spacial score (nSPS) is 12.1. The molecule has 0 aliphatic heterocycles. The van der Waals surface area contributed by atoms with E-state index in [4.69, 9.17) is 5.11 Å². The Kier molecular flexibility index (Phi) is 4.97. The van der Waals surface area contributed by atoms with Crippen molar-refractivity contribution in [1.82, 2.24) is 9.71 Å². The summed E-state index contributed by atoms with van der Waals surface area (Å²) in [5, 5.41) is 19.1. The number of sulfonamides is 1. The molecule has 0 radical (unpaired) electrons. The van der Waals surface area contributed by atoms with Gasteiger partial charge in [0.05, 0.1) is 0 Å². The minimum atomic E-state index is -3.94. The summed E-state index contributed by atoms with van der Waals surface area (Å²) in [5.41, 5.74) is -0.973. The fraction of sp³-hybridized carbons (Fsp3) is 0.455. The predicted octanol–water partition coefficient (Wildman–Crippen LogP) is 0.911. The number of rotatable bonds is 7. The van der Waals surface area contributed by atoms with Crippen molar-refractivity contribution in [2.75, 3.05) is 0 Å². The number of carbonyl (C=O) groups is 1. The first-order valence-corrected chi connectivity index (χ1v) is 7.38. The van der Waals surface area contributed by atoms with Crippen LogP contribution in [0.25, 0.3) is 0 Å². The minimum absolute atomic E-state index is 0.0992. The highest BCUT2D eigenvalue weighted by Crippen LogP contribution is 2.18. The molecule has 0 fully saturated rings. The summed E-state index contributed by atoms with van der Waals surface area (Å²) in [4.78, 5) is 23.5. The molecular formula is C11H15N3O6S. The second-order valence-electron chi connectivity index (χ2n) is 4.99. The van der Waals surface area contributed by atoms with Gasteiger partial charge in [0.2, 0.25) is 10.0 Å². The Labute approximate surface area is 121 Å². The zero-order chi connectivity index (χ0) is 16.3. The van der Waals surface area contributed by atoms with E-state index in [1.54, 1.807) is 13.8 Å². The van der Waals surface area contributed by atoms with Gasteiger partial charge in [-0.2, -0.15) is 0 Å². The fourth-order valence-corrected chi connectivity index (χ4v) is 2.92. The number of pyridine rings is 1. The molecule has 0 amide bonds. The van der Waals surface area contributed by atoms with E-state index in [1.165, 1.54) is 0 Å². The summed E-state index contributed by atoms with van der Waals surface area (Å²) in [6.07, 6.45) is 0.795. The van der Waals surface area contributed by atoms with Crippen molar-refractivity contribution >= 4 is 21.8 Å². The van der Waals surface area contributed by atoms with E-state index in [-0.39, 0.29) is 17.7 Å². The highest BCUT2D eigenvalue weighted by atomic mass is 32.2. The molecule has 10 heteroatoms. The highest BCUT2D eigenvalue weighted by molar-refractivity contribution is 7.89. The number of aromatic nitrogens is 1. The van der Waals surface area contributed by atoms with Gasteiger partial charge < -0.3 is 15.2 Å². The molecule has 1 heterocycles. The van der Waals surface area contributed by atoms with E-state index >= 15 is 0 Å². The maximum atomic E-state index is 12.1. The number of carboxylic acid groups (broad SMARTS) is 1. The molecule has 1 aromatic heterocycles. The van der Waals surface area contributed by atoms with Gasteiger partial charge in [0.25, 0.3) is 0 Å². The topological polar surface area (TPSA) is 140 Å². The smallest absolute Gasteiger partial charge is 0.363 e. The van der Waals surface area contributed by atoms with Gasteiger partial charge >= 0.3 is 11.8 Å². The number of carboxylic acids is 1. The van der Waals surface area contributed by atoms with Crippen molar-refractivity contribution in [3.05, 3.63) is 28.4 Å². The Morgan fingerprint density at radius 1 is 1.48 bits per heavy atom. The van der Waals surface area contributed by atoms with Crippen molar-refractivity contribution in [3.8, 4) is 0 Å². The van der Waals surface area contributed by atoms with E-state index < -0.39 is 32.3 Å². The van der Waals surface area contributed by atoms with E-state index in [0.29, 0.717) is 0 Å². The molecule has 2 N–H and O–H groups in total. The van der Waals surface area contributed by atoms with E-state index in [9.17, 15) is 23.3 Å². The summed E-state index contributed by atoms with van der Waals surface area (Å²) in [7, 11) is -3.94. The molecule has 1 aromatic rings. The molecule has 116 valence electrons. The third-order valence-corrected chi connectivity index (χ3v) is 4.28. The second-order valence-corrected chi connectivity index (χ2v) is 6.67. The summed E-state index contributed by atoms with van der Waals surface area (Å²) in [6.45, 7) is 3.10. The number of hydrogen-bond donors (Lipinski definition) is 2. The molecule has 0 spiro atoms. The van der Waals surface area contributed by atoms with Crippen LogP contribution < -0.4 is 4.72 Å². The molecule has 0 atom stereocenters. The lowest BCUT2D eigenvalue weighted by atomic mass is 10.0. The van der Waals surface area contributed by atoms with E-state index in [2.05, 4.69) is 9.71 Å². The Balaban J connectivity index is 2.90.